The standard InChI is InChI=1S/C26H37N3O2/c1-19-8-6-9-20(14-19)16-27-17-21-15-22(18-27)25(29-23(21)10-7-11-24(29)30)26(31)28-12-4-2-3-5-13-28/h6,8-9,14,21-23,25H,2-5,7,10-13,15-18H2,1H3/t21-,22+,23-,25+/m0/s1. The second-order valence-corrected chi connectivity index (χ2v) is 10.4. The Bertz CT molecular complexity index is 817. The van der Waals surface area contributed by atoms with Gasteiger partial charge in [-0.1, -0.05) is 42.7 Å². The van der Waals surface area contributed by atoms with Crippen molar-refractivity contribution in [1.29, 1.82) is 0 Å². The van der Waals surface area contributed by atoms with Crippen molar-refractivity contribution in [3.63, 3.8) is 0 Å². The molecule has 168 valence electrons. The first-order chi connectivity index (χ1) is 15.1. The molecule has 0 saturated carbocycles. The van der Waals surface area contributed by atoms with Crippen molar-refractivity contribution in [2.45, 2.75) is 76.9 Å². The van der Waals surface area contributed by atoms with Gasteiger partial charge in [0.2, 0.25) is 11.8 Å². The van der Waals surface area contributed by atoms with Gasteiger partial charge in [0.05, 0.1) is 0 Å². The van der Waals surface area contributed by atoms with Gasteiger partial charge in [-0.05, 0) is 50.5 Å². The lowest BCUT2D eigenvalue weighted by atomic mass is 9.71. The number of carbonyl (C=O) groups excluding carboxylic acids is 2. The normalized spacial score (nSPS) is 31.8. The monoisotopic (exact) mass is 423 g/mol. The van der Waals surface area contributed by atoms with E-state index < -0.39 is 0 Å². The van der Waals surface area contributed by atoms with Crippen LogP contribution in [0, 0.1) is 18.8 Å². The SMILES string of the molecule is Cc1cccc(CN2C[C@@H]3C[C@H](C2)[C@H](C(=O)N2CCCCCC2)N2C(=O)CCC[C@@H]32)c1. The molecule has 0 aliphatic carbocycles. The van der Waals surface area contributed by atoms with E-state index in [0.29, 0.717) is 12.3 Å². The summed E-state index contributed by atoms with van der Waals surface area (Å²) in [5.41, 5.74) is 2.65. The van der Waals surface area contributed by atoms with Crippen LogP contribution < -0.4 is 0 Å². The van der Waals surface area contributed by atoms with Crippen LogP contribution in [0.3, 0.4) is 0 Å². The zero-order chi connectivity index (χ0) is 21.4. The van der Waals surface area contributed by atoms with Gasteiger partial charge in [-0.25, -0.2) is 0 Å². The molecule has 2 amide bonds. The highest BCUT2D eigenvalue weighted by atomic mass is 16.2. The van der Waals surface area contributed by atoms with E-state index in [1.165, 1.54) is 24.0 Å². The first kappa shape index (κ1) is 21.0. The van der Waals surface area contributed by atoms with Crippen LogP contribution in [-0.4, -0.2) is 64.8 Å². The lowest BCUT2D eigenvalue weighted by Gasteiger charge is -2.56. The molecule has 0 radical (unpaired) electrons. The van der Waals surface area contributed by atoms with Crippen LogP contribution in [0.1, 0.15) is 62.5 Å². The topological polar surface area (TPSA) is 43.9 Å². The third-order valence-electron chi connectivity index (χ3n) is 8.08. The van der Waals surface area contributed by atoms with Gasteiger partial charge < -0.3 is 9.80 Å². The van der Waals surface area contributed by atoms with Crippen molar-refractivity contribution in [1.82, 2.24) is 14.7 Å². The summed E-state index contributed by atoms with van der Waals surface area (Å²) < 4.78 is 0. The third-order valence-corrected chi connectivity index (χ3v) is 8.08. The van der Waals surface area contributed by atoms with Crippen molar-refractivity contribution < 1.29 is 9.59 Å². The van der Waals surface area contributed by atoms with Crippen LogP contribution in [-0.2, 0) is 16.1 Å². The highest BCUT2D eigenvalue weighted by molar-refractivity contribution is 5.89. The van der Waals surface area contributed by atoms with E-state index in [-0.39, 0.29) is 29.8 Å². The van der Waals surface area contributed by atoms with E-state index in [9.17, 15) is 9.59 Å². The highest BCUT2D eigenvalue weighted by Gasteiger charge is 2.52. The fraction of sp³-hybridized carbons (Fsp3) is 0.692. The zero-order valence-corrected chi connectivity index (χ0v) is 19.0. The number of aryl methyl sites for hydroxylation is 1. The molecule has 1 aromatic rings. The summed E-state index contributed by atoms with van der Waals surface area (Å²) in [6.45, 7) is 6.79. The second-order valence-electron chi connectivity index (χ2n) is 10.4. The average Bonchev–Trinajstić information content (AvgIpc) is 3.04. The highest BCUT2D eigenvalue weighted by Crippen LogP contribution is 2.42. The Labute approximate surface area is 186 Å². The first-order valence-corrected chi connectivity index (χ1v) is 12.5. The molecule has 4 aliphatic rings. The summed E-state index contributed by atoms with van der Waals surface area (Å²) in [5.74, 6) is 1.23. The van der Waals surface area contributed by atoms with Crippen molar-refractivity contribution in [3.05, 3.63) is 35.4 Å². The summed E-state index contributed by atoms with van der Waals surface area (Å²) in [4.78, 5) is 33.6. The van der Waals surface area contributed by atoms with Gasteiger partial charge in [-0.3, -0.25) is 14.5 Å². The van der Waals surface area contributed by atoms with Gasteiger partial charge in [0.15, 0.2) is 0 Å². The van der Waals surface area contributed by atoms with Crippen molar-refractivity contribution >= 4 is 11.8 Å². The predicted octanol–water partition coefficient (Wildman–Crippen LogP) is 3.60. The molecule has 5 rings (SSSR count). The van der Waals surface area contributed by atoms with Gasteiger partial charge in [0, 0.05) is 51.1 Å². The number of amides is 2. The second kappa shape index (κ2) is 8.93. The summed E-state index contributed by atoms with van der Waals surface area (Å²) in [6, 6.07) is 8.79. The summed E-state index contributed by atoms with van der Waals surface area (Å²) in [5, 5.41) is 0. The number of hydrogen-bond acceptors (Lipinski definition) is 3. The molecule has 4 fully saturated rings. The molecule has 5 nitrogen and oxygen atoms in total. The molecule has 5 heteroatoms. The number of hydrogen-bond donors (Lipinski definition) is 0. The summed E-state index contributed by atoms with van der Waals surface area (Å²) in [6.07, 6.45) is 8.39. The fourth-order valence-corrected chi connectivity index (χ4v) is 6.75. The van der Waals surface area contributed by atoms with Gasteiger partial charge >= 0.3 is 0 Å². The molecule has 31 heavy (non-hydrogen) atoms. The van der Waals surface area contributed by atoms with E-state index in [2.05, 4.69) is 45.9 Å². The van der Waals surface area contributed by atoms with E-state index >= 15 is 0 Å². The molecule has 0 spiro atoms. The third kappa shape index (κ3) is 4.26. The molecule has 0 N–H and O–H groups in total. The molecule has 4 saturated heterocycles. The van der Waals surface area contributed by atoms with Crippen molar-refractivity contribution in [3.8, 4) is 0 Å². The molecular formula is C26H37N3O2. The average molecular weight is 424 g/mol. The molecule has 4 atom stereocenters. The number of piperidine rings is 3. The quantitative estimate of drug-likeness (QED) is 0.746. The lowest BCUT2D eigenvalue weighted by Crippen LogP contribution is -2.68. The summed E-state index contributed by atoms with van der Waals surface area (Å²) >= 11 is 0. The van der Waals surface area contributed by atoms with Gasteiger partial charge in [0.25, 0.3) is 0 Å². The molecular weight excluding hydrogens is 386 g/mol. The van der Waals surface area contributed by atoms with E-state index in [1.807, 2.05) is 0 Å². The molecule has 1 aromatic carbocycles. The Balaban J connectivity index is 1.40. The van der Waals surface area contributed by atoms with Crippen LogP contribution in [0.2, 0.25) is 0 Å². The van der Waals surface area contributed by atoms with Gasteiger partial charge in [0.1, 0.15) is 6.04 Å². The van der Waals surface area contributed by atoms with Crippen LogP contribution >= 0.6 is 0 Å². The van der Waals surface area contributed by atoms with Crippen molar-refractivity contribution in [2.24, 2.45) is 11.8 Å². The summed E-state index contributed by atoms with van der Waals surface area (Å²) in [7, 11) is 0. The molecule has 0 aromatic heterocycles. The Morgan fingerprint density at radius 3 is 2.58 bits per heavy atom. The molecule has 4 aliphatic heterocycles. The Morgan fingerprint density at radius 1 is 1.03 bits per heavy atom. The minimum absolute atomic E-state index is 0.228. The van der Waals surface area contributed by atoms with Crippen molar-refractivity contribution in [2.75, 3.05) is 26.2 Å². The molecule has 2 bridgehead atoms. The number of nitrogens with zero attached hydrogens (tertiary/aromatic N) is 3. The fourth-order valence-electron chi connectivity index (χ4n) is 6.75. The van der Waals surface area contributed by atoms with Gasteiger partial charge in [-0.2, -0.15) is 0 Å². The number of carbonyl (C=O) groups is 2. The van der Waals surface area contributed by atoms with Crippen LogP contribution in [0.15, 0.2) is 24.3 Å². The van der Waals surface area contributed by atoms with Crippen LogP contribution in [0.4, 0.5) is 0 Å². The van der Waals surface area contributed by atoms with E-state index in [4.69, 9.17) is 0 Å². The lowest BCUT2D eigenvalue weighted by molar-refractivity contribution is -0.165. The van der Waals surface area contributed by atoms with E-state index in [1.54, 1.807) is 0 Å². The maximum absolute atomic E-state index is 13.8. The Morgan fingerprint density at radius 2 is 1.81 bits per heavy atom. The molecule has 4 heterocycles. The minimum atomic E-state index is -0.243. The molecule has 0 unspecified atom stereocenters. The smallest absolute Gasteiger partial charge is 0.245 e. The van der Waals surface area contributed by atoms with Crippen LogP contribution in [0.25, 0.3) is 0 Å². The minimum Gasteiger partial charge on any atom is -0.341 e. The number of fused-ring (bicyclic) bond motifs is 4. The maximum Gasteiger partial charge on any atom is 0.245 e. The number of likely N-dealkylation sites (tertiary alicyclic amines) is 2. The first-order valence-electron chi connectivity index (χ1n) is 12.5. The number of rotatable bonds is 3. The van der Waals surface area contributed by atoms with Crippen LogP contribution in [0.5, 0.6) is 0 Å². The number of benzene rings is 1. The predicted molar refractivity (Wildman–Crippen MR) is 121 cm³/mol. The van der Waals surface area contributed by atoms with Gasteiger partial charge in [-0.15, -0.1) is 0 Å². The van der Waals surface area contributed by atoms with E-state index in [0.717, 1.165) is 64.8 Å². The Kier molecular flexibility index (Phi) is 6.05. The maximum atomic E-state index is 13.8. The largest absolute Gasteiger partial charge is 0.341 e. The Hall–Kier alpha value is -1.88. The zero-order valence-electron chi connectivity index (χ0n) is 19.0.